The lowest BCUT2D eigenvalue weighted by molar-refractivity contribution is -0.133. The Morgan fingerprint density at radius 2 is 1.80 bits per heavy atom. The number of nitrogens with one attached hydrogen (secondary N) is 1. The Kier molecular flexibility index (Phi) is 6.59. The molecular weight excluding hydrogens is 314 g/mol. The number of rotatable bonds is 5. The molecule has 0 unspecified atom stereocenters. The summed E-state index contributed by atoms with van der Waals surface area (Å²) >= 11 is 0. The van der Waals surface area contributed by atoms with Gasteiger partial charge in [-0.25, -0.2) is 0 Å². The number of hydrogen-bond acceptors (Lipinski definition) is 3. The molecule has 0 bridgehead atoms. The van der Waals surface area contributed by atoms with Crippen molar-refractivity contribution in [2.45, 2.75) is 40.7 Å². The number of aryl methyl sites for hydroxylation is 1. The van der Waals surface area contributed by atoms with Crippen LogP contribution in [0.3, 0.4) is 0 Å². The van der Waals surface area contributed by atoms with E-state index < -0.39 is 5.41 Å². The molecule has 0 spiro atoms. The molecule has 2 amide bonds. The molecular formula is C20H31N3O2. The Morgan fingerprint density at radius 3 is 2.40 bits per heavy atom. The highest BCUT2D eigenvalue weighted by Gasteiger charge is 2.23. The van der Waals surface area contributed by atoms with Gasteiger partial charge in [0.25, 0.3) is 0 Å². The van der Waals surface area contributed by atoms with Crippen LogP contribution in [0.4, 0.5) is 0 Å². The zero-order valence-electron chi connectivity index (χ0n) is 16.0. The van der Waals surface area contributed by atoms with Gasteiger partial charge >= 0.3 is 0 Å². The van der Waals surface area contributed by atoms with E-state index in [0.29, 0.717) is 13.0 Å². The van der Waals surface area contributed by atoms with Gasteiger partial charge in [-0.1, -0.05) is 50.6 Å². The standard InChI is InChI=1S/C20H31N3O2/c1-16-6-5-7-17(14-16)15-22-10-12-23(13-11-22)18(24)8-9-21-19(25)20(2,3)4/h5-7,14H,8-13,15H2,1-4H3,(H,21,25). The molecule has 5 heteroatoms. The normalized spacial score (nSPS) is 15.9. The maximum Gasteiger partial charge on any atom is 0.225 e. The second-order valence-corrected chi connectivity index (χ2v) is 7.90. The van der Waals surface area contributed by atoms with Crippen LogP contribution in [0.15, 0.2) is 24.3 Å². The average Bonchev–Trinajstić information content (AvgIpc) is 2.54. The van der Waals surface area contributed by atoms with Crippen LogP contribution >= 0.6 is 0 Å². The van der Waals surface area contributed by atoms with Crippen LogP contribution in [-0.2, 0) is 16.1 Å². The fourth-order valence-electron chi connectivity index (χ4n) is 2.93. The number of carbonyl (C=O) groups is 2. The van der Waals surface area contributed by atoms with Crippen molar-refractivity contribution >= 4 is 11.8 Å². The van der Waals surface area contributed by atoms with Gasteiger partial charge in [0.1, 0.15) is 0 Å². The molecule has 0 atom stereocenters. The van der Waals surface area contributed by atoms with Crippen molar-refractivity contribution in [1.82, 2.24) is 15.1 Å². The summed E-state index contributed by atoms with van der Waals surface area (Å²) in [5.74, 6) is 0.118. The Morgan fingerprint density at radius 1 is 1.12 bits per heavy atom. The van der Waals surface area contributed by atoms with Crippen molar-refractivity contribution < 1.29 is 9.59 Å². The largest absolute Gasteiger partial charge is 0.355 e. The van der Waals surface area contributed by atoms with Gasteiger partial charge in [-0.3, -0.25) is 14.5 Å². The number of benzene rings is 1. The van der Waals surface area contributed by atoms with Gasteiger partial charge in [0, 0.05) is 51.1 Å². The lowest BCUT2D eigenvalue weighted by atomic mass is 9.96. The molecule has 1 saturated heterocycles. The molecule has 1 aliphatic rings. The third-order valence-corrected chi connectivity index (χ3v) is 4.52. The molecule has 2 rings (SSSR count). The van der Waals surface area contributed by atoms with Crippen LogP contribution in [0.25, 0.3) is 0 Å². The van der Waals surface area contributed by atoms with E-state index in [0.717, 1.165) is 32.7 Å². The molecule has 0 aliphatic carbocycles. The number of hydrogen-bond donors (Lipinski definition) is 1. The maximum atomic E-state index is 12.3. The van der Waals surface area contributed by atoms with E-state index in [1.54, 1.807) is 0 Å². The van der Waals surface area contributed by atoms with Crippen molar-refractivity contribution in [3.05, 3.63) is 35.4 Å². The van der Waals surface area contributed by atoms with Gasteiger partial charge in [0.2, 0.25) is 11.8 Å². The molecule has 1 N–H and O–H groups in total. The highest BCUT2D eigenvalue weighted by atomic mass is 16.2. The van der Waals surface area contributed by atoms with Crippen LogP contribution in [0, 0.1) is 12.3 Å². The van der Waals surface area contributed by atoms with Crippen LogP contribution in [-0.4, -0.2) is 54.3 Å². The Labute approximate surface area is 151 Å². The molecule has 1 aromatic carbocycles. The zero-order valence-corrected chi connectivity index (χ0v) is 16.0. The van der Waals surface area contributed by atoms with Gasteiger partial charge in [-0.2, -0.15) is 0 Å². The van der Waals surface area contributed by atoms with Crippen molar-refractivity contribution in [1.29, 1.82) is 0 Å². The van der Waals surface area contributed by atoms with Gasteiger partial charge in [0.05, 0.1) is 0 Å². The second kappa shape index (κ2) is 8.48. The average molecular weight is 345 g/mol. The molecule has 0 aromatic heterocycles. The van der Waals surface area contributed by atoms with Crippen LogP contribution in [0.2, 0.25) is 0 Å². The first-order valence-corrected chi connectivity index (χ1v) is 9.10. The summed E-state index contributed by atoms with van der Waals surface area (Å²) in [4.78, 5) is 28.4. The van der Waals surface area contributed by atoms with Crippen LogP contribution in [0.5, 0.6) is 0 Å². The number of carbonyl (C=O) groups excluding carboxylic acids is 2. The fraction of sp³-hybridized carbons (Fsp3) is 0.600. The first-order chi connectivity index (χ1) is 11.8. The predicted octanol–water partition coefficient (Wildman–Crippen LogP) is 2.19. The van der Waals surface area contributed by atoms with Gasteiger partial charge < -0.3 is 10.2 Å². The summed E-state index contributed by atoms with van der Waals surface area (Å²) in [5.41, 5.74) is 2.19. The lowest BCUT2D eigenvalue weighted by Gasteiger charge is -2.35. The number of nitrogens with zero attached hydrogens (tertiary/aromatic N) is 2. The zero-order chi connectivity index (χ0) is 18.4. The summed E-state index contributed by atoms with van der Waals surface area (Å²) < 4.78 is 0. The summed E-state index contributed by atoms with van der Waals surface area (Å²) in [6.07, 6.45) is 0.375. The fourth-order valence-corrected chi connectivity index (χ4v) is 2.93. The topological polar surface area (TPSA) is 52.6 Å². The van der Waals surface area contributed by atoms with Crippen LogP contribution < -0.4 is 5.32 Å². The third-order valence-electron chi connectivity index (χ3n) is 4.52. The molecule has 138 valence electrons. The molecule has 1 aromatic rings. The van der Waals surface area contributed by atoms with Gasteiger partial charge in [0.15, 0.2) is 0 Å². The molecule has 5 nitrogen and oxygen atoms in total. The van der Waals surface area contributed by atoms with E-state index in [-0.39, 0.29) is 11.8 Å². The first-order valence-electron chi connectivity index (χ1n) is 9.10. The summed E-state index contributed by atoms with van der Waals surface area (Å²) in [6, 6.07) is 8.58. The summed E-state index contributed by atoms with van der Waals surface area (Å²) in [6.45, 7) is 12.4. The molecule has 1 heterocycles. The molecule has 25 heavy (non-hydrogen) atoms. The monoisotopic (exact) mass is 345 g/mol. The lowest BCUT2D eigenvalue weighted by Crippen LogP contribution is -2.49. The predicted molar refractivity (Wildman–Crippen MR) is 100 cm³/mol. The van der Waals surface area contributed by atoms with Crippen molar-refractivity contribution in [3.8, 4) is 0 Å². The summed E-state index contributed by atoms with van der Waals surface area (Å²) in [7, 11) is 0. The Balaban J connectivity index is 1.70. The highest BCUT2D eigenvalue weighted by Crippen LogP contribution is 2.13. The number of amides is 2. The SMILES string of the molecule is Cc1cccc(CN2CCN(C(=O)CCNC(=O)C(C)(C)C)CC2)c1. The van der Waals surface area contributed by atoms with Crippen molar-refractivity contribution in [3.63, 3.8) is 0 Å². The highest BCUT2D eigenvalue weighted by molar-refractivity contribution is 5.82. The molecule has 0 radical (unpaired) electrons. The van der Waals surface area contributed by atoms with E-state index in [1.807, 2.05) is 25.7 Å². The summed E-state index contributed by atoms with van der Waals surface area (Å²) in [5, 5.41) is 2.84. The van der Waals surface area contributed by atoms with Gasteiger partial charge in [-0.05, 0) is 12.5 Å². The van der Waals surface area contributed by atoms with E-state index in [1.165, 1.54) is 11.1 Å². The van der Waals surface area contributed by atoms with E-state index in [2.05, 4.69) is 41.4 Å². The van der Waals surface area contributed by atoms with E-state index in [4.69, 9.17) is 0 Å². The van der Waals surface area contributed by atoms with Crippen molar-refractivity contribution in [2.75, 3.05) is 32.7 Å². The Hall–Kier alpha value is -1.88. The minimum absolute atomic E-state index is 0.0109. The van der Waals surface area contributed by atoms with E-state index >= 15 is 0 Å². The first kappa shape index (κ1) is 19.4. The minimum atomic E-state index is -0.412. The van der Waals surface area contributed by atoms with Crippen LogP contribution in [0.1, 0.15) is 38.3 Å². The van der Waals surface area contributed by atoms with Crippen molar-refractivity contribution in [2.24, 2.45) is 5.41 Å². The third kappa shape index (κ3) is 6.16. The smallest absolute Gasteiger partial charge is 0.225 e. The van der Waals surface area contributed by atoms with Gasteiger partial charge in [-0.15, -0.1) is 0 Å². The quantitative estimate of drug-likeness (QED) is 0.890. The van der Waals surface area contributed by atoms with E-state index in [9.17, 15) is 9.59 Å². The molecule has 1 fully saturated rings. The molecule has 1 aliphatic heterocycles. The minimum Gasteiger partial charge on any atom is -0.355 e. The Bertz CT molecular complexity index is 599. The maximum absolute atomic E-state index is 12.3. The molecule has 0 saturated carbocycles. The number of piperazine rings is 1. The second-order valence-electron chi connectivity index (χ2n) is 7.90.